The van der Waals surface area contributed by atoms with Crippen LogP contribution in [0.15, 0.2) is 47.6 Å². The molecule has 1 aliphatic carbocycles. The van der Waals surface area contributed by atoms with Gasteiger partial charge in [-0.3, -0.25) is 4.68 Å². The zero-order valence-corrected chi connectivity index (χ0v) is 15.9. The monoisotopic (exact) mass is 425 g/mol. The molecule has 1 aromatic carbocycles. The van der Waals surface area contributed by atoms with Crippen LogP contribution in [-0.2, 0) is 13.6 Å². The molecule has 0 amide bonds. The van der Waals surface area contributed by atoms with E-state index in [1.165, 1.54) is 12.0 Å². The van der Waals surface area contributed by atoms with Gasteiger partial charge in [-0.25, -0.2) is 4.99 Å². The number of hydrogen-bond donors (Lipinski definition) is 2. The van der Waals surface area contributed by atoms with Crippen LogP contribution in [-0.4, -0.2) is 28.3 Å². The third-order valence-electron chi connectivity index (χ3n) is 4.01. The summed E-state index contributed by atoms with van der Waals surface area (Å²) < 4.78 is 1.86. The van der Waals surface area contributed by atoms with E-state index in [-0.39, 0.29) is 24.0 Å². The van der Waals surface area contributed by atoms with Crippen molar-refractivity contribution in [3.63, 3.8) is 0 Å². The summed E-state index contributed by atoms with van der Waals surface area (Å²) in [6.07, 6.45) is 2.97. The fourth-order valence-corrected chi connectivity index (χ4v) is 2.64. The molecule has 2 unspecified atom stereocenters. The van der Waals surface area contributed by atoms with Crippen molar-refractivity contribution < 1.29 is 0 Å². The van der Waals surface area contributed by atoms with Crippen LogP contribution in [0.25, 0.3) is 0 Å². The van der Waals surface area contributed by atoms with Gasteiger partial charge in [-0.05, 0) is 25.0 Å². The Morgan fingerprint density at radius 3 is 2.74 bits per heavy atom. The first-order chi connectivity index (χ1) is 10.8. The lowest BCUT2D eigenvalue weighted by Gasteiger charge is -2.11. The highest BCUT2D eigenvalue weighted by Gasteiger charge is 2.38. The number of nitrogens with zero attached hydrogens (tertiary/aromatic N) is 3. The summed E-state index contributed by atoms with van der Waals surface area (Å²) in [7, 11) is 1.94. The summed E-state index contributed by atoms with van der Waals surface area (Å²) in [4.78, 5) is 4.66. The number of aromatic nitrogens is 2. The number of benzene rings is 1. The summed E-state index contributed by atoms with van der Waals surface area (Å²) in [5, 5.41) is 11.0. The van der Waals surface area contributed by atoms with Crippen LogP contribution >= 0.6 is 24.0 Å². The maximum absolute atomic E-state index is 4.66. The zero-order chi connectivity index (χ0) is 15.4. The SMILES string of the molecule is CCNC(=NCc1ccnn1C)NC1CC1c1ccccc1.I. The van der Waals surface area contributed by atoms with E-state index in [1.54, 1.807) is 6.20 Å². The van der Waals surface area contributed by atoms with Gasteiger partial charge in [0.25, 0.3) is 0 Å². The summed E-state index contributed by atoms with van der Waals surface area (Å²) >= 11 is 0. The molecule has 2 atom stereocenters. The predicted octanol–water partition coefficient (Wildman–Crippen LogP) is 2.65. The molecule has 0 saturated heterocycles. The lowest BCUT2D eigenvalue weighted by atomic mass is 10.1. The van der Waals surface area contributed by atoms with Gasteiger partial charge in [0.2, 0.25) is 0 Å². The van der Waals surface area contributed by atoms with E-state index in [4.69, 9.17) is 0 Å². The predicted molar refractivity (Wildman–Crippen MR) is 104 cm³/mol. The molecule has 124 valence electrons. The van der Waals surface area contributed by atoms with E-state index in [9.17, 15) is 0 Å². The van der Waals surface area contributed by atoms with Crippen molar-refractivity contribution in [1.29, 1.82) is 0 Å². The molecule has 1 aliphatic rings. The molecule has 0 aliphatic heterocycles. The van der Waals surface area contributed by atoms with E-state index in [1.807, 2.05) is 17.8 Å². The van der Waals surface area contributed by atoms with Crippen LogP contribution < -0.4 is 10.6 Å². The van der Waals surface area contributed by atoms with Gasteiger partial charge in [0.15, 0.2) is 5.96 Å². The van der Waals surface area contributed by atoms with Gasteiger partial charge in [0.05, 0.1) is 12.2 Å². The highest BCUT2D eigenvalue weighted by Crippen LogP contribution is 2.40. The van der Waals surface area contributed by atoms with Gasteiger partial charge in [-0.15, -0.1) is 24.0 Å². The van der Waals surface area contributed by atoms with Crippen LogP contribution in [0.1, 0.15) is 30.5 Å². The van der Waals surface area contributed by atoms with E-state index in [2.05, 4.69) is 58.0 Å². The third kappa shape index (κ3) is 4.70. The van der Waals surface area contributed by atoms with Crippen LogP contribution in [0.2, 0.25) is 0 Å². The fourth-order valence-electron chi connectivity index (χ4n) is 2.64. The lowest BCUT2D eigenvalue weighted by molar-refractivity contribution is 0.706. The maximum atomic E-state index is 4.66. The summed E-state index contributed by atoms with van der Waals surface area (Å²) in [6, 6.07) is 13.1. The van der Waals surface area contributed by atoms with E-state index in [0.29, 0.717) is 18.5 Å². The van der Waals surface area contributed by atoms with Gasteiger partial charge >= 0.3 is 0 Å². The molecule has 23 heavy (non-hydrogen) atoms. The maximum Gasteiger partial charge on any atom is 0.191 e. The number of hydrogen-bond acceptors (Lipinski definition) is 2. The average Bonchev–Trinajstić information content (AvgIpc) is 3.19. The van der Waals surface area contributed by atoms with Gasteiger partial charge in [-0.2, -0.15) is 5.10 Å². The smallest absolute Gasteiger partial charge is 0.191 e. The van der Waals surface area contributed by atoms with Crippen molar-refractivity contribution in [2.75, 3.05) is 6.54 Å². The minimum absolute atomic E-state index is 0. The number of nitrogens with one attached hydrogen (secondary N) is 2. The Morgan fingerprint density at radius 1 is 1.30 bits per heavy atom. The Kier molecular flexibility index (Phi) is 6.44. The first-order valence-electron chi connectivity index (χ1n) is 7.84. The molecular formula is C17H24IN5. The summed E-state index contributed by atoms with van der Waals surface area (Å²) in [5.41, 5.74) is 2.51. The molecule has 5 nitrogen and oxygen atoms in total. The quantitative estimate of drug-likeness (QED) is 0.440. The van der Waals surface area contributed by atoms with Gasteiger partial charge in [0, 0.05) is 31.7 Å². The number of guanidine groups is 1. The Morgan fingerprint density at radius 2 is 2.09 bits per heavy atom. The molecule has 2 aromatic rings. The minimum Gasteiger partial charge on any atom is -0.357 e. The van der Waals surface area contributed by atoms with E-state index < -0.39 is 0 Å². The molecule has 3 rings (SSSR count). The average molecular weight is 425 g/mol. The van der Waals surface area contributed by atoms with E-state index >= 15 is 0 Å². The molecule has 2 N–H and O–H groups in total. The largest absolute Gasteiger partial charge is 0.357 e. The van der Waals surface area contributed by atoms with Gasteiger partial charge in [0.1, 0.15) is 0 Å². The topological polar surface area (TPSA) is 54.2 Å². The third-order valence-corrected chi connectivity index (χ3v) is 4.01. The van der Waals surface area contributed by atoms with Crippen LogP contribution in [0, 0.1) is 0 Å². The van der Waals surface area contributed by atoms with Crippen LogP contribution in [0.5, 0.6) is 0 Å². The first-order valence-corrected chi connectivity index (χ1v) is 7.84. The summed E-state index contributed by atoms with van der Waals surface area (Å²) in [5.74, 6) is 1.48. The Balaban J connectivity index is 0.00000192. The van der Waals surface area contributed by atoms with Crippen LogP contribution in [0.4, 0.5) is 0 Å². The highest BCUT2D eigenvalue weighted by molar-refractivity contribution is 14.0. The first kappa shape index (κ1) is 17.8. The summed E-state index contributed by atoms with van der Waals surface area (Å²) in [6.45, 7) is 3.58. The second kappa shape index (κ2) is 8.33. The Hall–Kier alpha value is -1.57. The number of aryl methyl sites for hydroxylation is 1. The lowest BCUT2D eigenvalue weighted by Crippen LogP contribution is -2.39. The van der Waals surface area contributed by atoms with Crippen molar-refractivity contribution in [3.8, 4) is 0 Å². The highest BCUT2D eigenvalue weighted by atomic mass is 127. The van der Waals surface area contributed by atoms with Gasteiger partial charge < -0.3 is 10.6 Å². The van der Waals surface area contributed by atoms with Crippen molar-refractivity contribution in [2.45, 2.75) is 31.8 Å². The van der Waals surface area contributed by atoms with Crippen molar-refractivity contribution in [2.24, 2.45) is 12.0 Å². The molecule has 1 aromatic heterocycles. The van der Waals surface area contributed by atoms with Crippen molar-refractivity contribution in [3.05, 3.63) is 53.9 Å². The van der Waals surface area contributed by atoms with Gasteiger partial charge in [-0.1, -0.05) is 30.3 Å². The molecule has 1 heterocycles. The molecule has 6 heteroatoms. The standard InChI is InChI=1S/C17H23N5.HI/c1-3-18-17(19-12-14-9-10-20-22(14)2)21-16-11-15(16)13-7-5-4-6-8-13;/h4-10,15-16H,3,11-12H2,1-2H3,(H2,18,19,21);1H. The molecule has 0 spiro atoms. The number of rotatable bonds is 5. The molecule has 0 bridgehead atoms. The fraction of sp³-hybridized carbons (Fsp3) is 0.412. The normalized spacial score (nSPS) is 19.8. The zero-order valence-electron chi connectivity index (χ0n) is 13.6. The minimum atomic E-state index is 0. The molecule has 0 radical (unpaired) electrons. The molecular weight excluding hydrogens is 401 g/mol. The molecule has 1 fully saturated rings. The van der Waals surface area contributed by atoms with Crippen molar-refractivity contribution in [1.82, 2.24) is 20.4 Å². The second-order valence-electron chi connectivity index (χ2n) is 5.65. The van der Waals surface area contributed by atoms with E-state index in [0.717, 1.165) is 18.2 Å². The second-order valence-corrected chi connectivity index (χ2v) is 5.65. The Bertz CT molecular complexity index is 637. The Labute approximate surface area is 154 Å². The van der Waals surface area contributed by atoms with Crippen molar-refractivity contribution >= 4 is 29.9 Å². The number of aliphatic imine (C=N–C) groups is 1. The molecule has 1 saturated carbocycles. The van der Waals surface area contributed by atoms with Crippen LogP contribution in [0.3, 0.4) is 0 Å². The number of halogens is 1.